The molecular formula is C22H31N3O3. The molecule has 6 nitrogen and oxygen atoms in total. The number of benzene rings is 1. The van der Waals surface area contributed by atoms with Crippen LogP contribution in [0.3, 0.4) is 0 Å². The van der Waals surface area contributed by atoms with Gasteiger partial charge in [-0.3, -0.25) is 14.4 Å². The molecule has 0 unspecified atom stereocenters. The Hall–Kier alpha value is -2.37. The standard InChI is InChI=1S/C22H31N3O3/c1-18-22(28)24(15-8-14-23-13-7-12-20(23)26)17-21(27)25(18)16-6-5-11-19-9-3-2-4-10-19/h2-4,9-10,18H,5-8,11-17H2,1H3/t18-/m0/s1. The maximum Gasteiger partial charge on any atom is 0.245 e. The zero-order chi connectivity index (χ0) is 19.9. The topological polar surface area (TPSA) is 60.9 Å². The summed E-state index contributed by atoms with van der Waals surface area (Å²) in [6, 6.07) is 9.93. The van der Waals surface area contributed by atoms with E-state index in [2.05, 4.69) is 12.1 Å². The minimum Gasteiger partial charge on any atom is -0.343 e. The van der Waals surface area contributed by atoms with E-state index in [4.69, 9.17) is 0 Å². The van der Waals surface area contributed by atoms with Gasteiger partial charge < -0.3 is 14.7 Å². The van der Waals surface area contributed by atoms with Crippen molar-refractivity contribution in [3.63, 3.8) is 0 Å². The molecule has 3 rings (SSSR count). The van der Waals surface area contributed by atoms with Crippen molar-refractivity contribution in [3.8, 4) is 0 Å². The normalized spacial score (nSPS) is 20.4. The number of amides is 3. The van der Waals surface area contributed by atoms with Crippen LogP contribution in [-0.4, -0.2) is 71.2 Å². The Kier molecular flexibility index (Phi) is 7.06. The van der Waals surface area contributed by atoms with Gasteiger partial charge in [0.2, 0.25) is 17.7 Å². The van der Waals surface area contributed by atoms with Gasteiger partial charge in [0, 0.05) is 32.6 Å². The van der Waals surface area contributed by atoms with Crippen LogP contribution in [0.5, 0.6) is 0 Å². The molecule has 1 aromatic carbocycles. The van der Waals surface area contributed by atoms with Gasteiger partial charge in [-0.25, -0.2) is 0 Å². The van der Waals surface area contributed by atoms with Crippen molar-refractivity contribution in [2.75, 3.05) is 32.7 Å². The Bertz CT molecular complexity index is 692. The molecule has 0 N–H and O–H groups in total. The second-order valence-electron chi connectivity index (χ2n) is 7.80. The van der Waals surface area contributed by atoms with Crippen LogP contribution in [0.4, 0.5) is 0 Å². The van der Waals surface area contributed by atoms with Gasteiger partial charge in [0.1, 0.15) is 6.04 Å². The molecule has 1 atom stereocenters. The maximum absolute atomic E-state index is 12.7. The fraction of sp³-hybridized carbons (Fsp3) is 0.591. The van der Waals surface area contributed by atoms with E-state index in [1.165, 1.54) is 5.56 Å². The number of carbonyl (C=O) groups is 3. The molecule has 0 saturated carbocycles. The molecule has 0 spiro atoms. The molecule has 6 heteroatoms. The number of rotatable bonds is 9. The molecule has 0 bridgehead atoms. The van der Waals surface area contributed by atoms with E-state index >= 15 is 0 Å². The van der Waals surface area contributed by atoms with Gasteiger partial charge in [-0.05, 0) is 44.6 Å². The van der Waals surface area contributed by atoms with Crippen LogP contribution in [0.25, 0.3) is 0 Å². The zero-order valence-corrected chi connectivity index (χ0v) is 16.8. The quantitative estimate of drug-likeness (QED) is 0.612. The highest BCUT2D eigenvalue weighted by atomic mass is 16.2. The van der Waals surface area contributed by atoms with E-state index in [1.54, 1.807) is 9.80 Å². The molecule has 3 amide bonds. The summed E-state index contributed by atoms with van der Waals surface area (Å²) in [7, 11) is 0. The summed E-state index contributed by atoms with van der Waals surface area (Å²) >= 11 is 0. The Balaban J connectivity index is 1.40. The molecule has 1 aromatic rings. The first-order valence-corrected chi connectivity index (χ1v) is 10.5. The number of hydrogen-bond acceptors (Lipinski definition) is 3. The molecule has 152 valence electrons. The van der Waals surface area contributed by atoms with E-state index in [1.807, 2.05) is 30.0 Å². The lowest BCUT2D eigenvalue weighted by atomic mass is 10.1. The third kappa shape index (κ3) is 5.12. The predicted octanol–water partition coefficient (Wildman–Crippen LogP) is 2.08. The van der Waals surface area contributed by atoms with Crippen LogP contribution in [0.1, 0.15) is 44.6 Å². The number of nitrogens with zero attached hydrogens (tertiary/aromatic N) is 3. The van der Waals surface area contributed by atoms with E-state index in [0.29, 0.717) is 26.1 Å². The lowest BCUT2D eigenvalue weighted by molar-refractivity contribution is -0.155. The van der Waals surface area contributed by atoms with Crippen LogP contribution in [0.15, 0.2) is 30.3 Å². The Morgan fingerprint density at radius 2 is 1.64 bits per heavy atom. The van der Waals surface area contributed by atoms with Crippen molar-refractivity contribution in [1.82, 2.24) is 14.7 Å². The summed E-state index contributed by atoms with van der Waals surface area (Å²) < 4.78 is 0. The molecule has 28 heavy (non-hydrogen) atoms. The molecule has 2 aliphatic heterocycles. The van der Waals surface area contributed by atoms with Crippen molar-refractivity contribution in [1.29, 1.82) is 0 Å². The van der Waals surface area contributed by atoms with Gasteiger partial charge in [0.25, 0.3) is 0 Å². The van der Waals surface area contributed by atoms with Gasteiger partial charge in [-0.1, -0.05) is 30.3 Å². The van der Waals surface area contributed by atoms with E-state index in [0.717, 1.165) is 38.6 Å². The second-order valence-corrected chi connectivity index (χ2v) is 7.80. The lowest BCUT2D eigenvalue weighted by Gasteiger charge is -2.39. The van der Waals surface area contributed by atoms with Gasteiger partial charge in [-0.2, -0.15) is 0 Å². The molecule has 0 aliphatic carbocycles. The third-order valence-electron chi connectivity index (χ3n) is 5.77. The van der Waals surface area contributed by atoms with Crippen molar-refractivity contribution >= 4 is 17.7 Å². The minimum atomic E-state index is -0.397. The van der Waals surface area contributed by atoms with Crippen LogP contribution < -0.4 is 0 Å². The average Bonchev–Trinajstić information content (AvgIpc) is 3.10. The fourth-order valence-electron chi connectivity index (χ4n) is 4.10. The van der Waals surface area contributed by atoms with Gasteiger partial charge in [-0.15, -0.1) is 0 Å². The smallest absolute Gasteiger partial charge is 0.245 e. The highest BCUT2D eigenvalue weighted by molar-refractivity contribution is 5.94. The van der Waals surface area contributed by atoms with E-state index < -0.39 is 6.04 Å². The molecule has 0 radical (unpaired) electrons. The molecule has 0 aromatic heterocycles. The van der Waals surface area contributed by atoms with Crippen LogP contribution in [0.2, 0.25) is 0 Å². The lowest BCUT2D eigenvalue weighted by Crippen LogP contribution is -2.59. The molecule has 2 fully saturated rings. The first kappa shape index (κ1) is 20.4. The highest BCUT2D eigenvalue weighted by Crippen LogP contribution is 2.16. The SMILES string of the molecule is C[C@H]1C(=O)N(CCCN2CCCC2=O)CC(=O)N1CCCCc1ccccc1. The average molecular weight is 386 g/mol. The van der Waals surface area contributed by atoms with Gasteiger partial charge >= 0.3 is 0 Å². The second kappa shape index (κ2) is 9.71. The number of aryl methyl sites for hydroxylation is 1. The third-order valence-corrected chi connectivity index (χ3v) is 5.77. The number of likely N-dealkylation sites (tertiary alicyclic amines) is 1. The fourth-order valence-corrected chi connectivity index (χ4v) is 4.10. The number of carbonyl (C=O) groups excluding carboxylic acids is 3. The number of piperazine rings is 1. The summed E-state index contributed by atoms with van der Waals surface area (Å²) in [5.74, 6) is 0.260. The van der Waals surface area contributed by atoms with Gasteiger partial charge in [0.05, 0.1) is 6.54 Å². The molecular weight excluding hydrogens is 354 g/mol. The van der Waals surface area contributed by atoms with Crippen LogP contribution in [0, 0.1) is 0 Å². The zero-order valence-electron chi connectivity index (χ0n) is 16.8. The van der Waals surface area contributed by atoms with Gasteiger partial charge in [0.15, 0.2) is 0 Å². The molecule has 2 aliphatic rings. The first-order chi connectivity index (χ1) is 13.6. The first-order valence-electron chi connectivity index (χ1n) is 10.5. The van der Waals surface area contributed by atoms with Crippen LogP contribution in [-0.2, 0) is 20.8 Å². The Labute approximate surface area is 167 Å². The van der Waals surface area contributed by atoms with Crippen molar-refractivity contribution < 1.29 is 14.4 Å². The monoisotopic (exact) mass is 385 g/mol. The summed E-state index contributed by atoms with van der Waals surface area (Å²) in [4.78, 5) is 42.2. The molecule has 2 heterocycles. The summed E-state index contributed by atoms with van der Waals surface area (Å²) in [6.45, 7) is 4.66. The van der Waals surface area contributed by atoms with Crippen LogP contribution >= 0.6 is 0 Å². The minimum absolute atomic E-state index is 0.0235. The predicted molar refractivity (Wildman–Crippen MR) is 108 cm³/mol. The largest absolute Gasteiger partial charge is 0.343 e. The summed E-state index contributed by atoms with van der Waals surface area (Å²) in [5.41, 5.74) is 1.30. The van der Waals surface area contributed by atoms with Crippen molar-refractivity contribution in [2.45, 2.75) is 51.5 Å². The summed E-state index contributed by atoms with van der Waals surface area (Å²) in [5, 5.41) is 0. The number of unbranched alkanes of at least 4 members (excludes halogenated alkanes) is 1. The highest BCUT2D eigenvalue weighted by Gasteiger charge is 2.35. The molecule has 2 saturated heterocycles. The van der Waals surface area contributed by atoms with E-state index in [-0.39, 0.29) is 24.3 Å². The Morgan fingerprint density at radius 1 is 0.893 bits per heavy atom. The number of hydrogen-bond donors (Lipinski definition) is 0. The van der Waals surface area contributed by atoms with E-state index in [9.17, 15) is 14.4 Å². The maximum atomic E-state index is 12.7. The van der Waals surface area contributed by atoms with Crippen molar-refractivity contribution in [3.05, 3.63) is 35.9 Å². The summed E-state index contributed by atoms with van der Waals surface area (Å²) in [6.07, 6.45) is 5.19. The Morgan fingerprint density at radius 3 is 2.36 bits per heavy atom. The van der Waals surface area contributed by atoms with Crippen molar-refractivity contribution in [2.24, 2.45) is 0 Å².